The summed E-state index contributed by atoms with van der Waals surface area (Å²) in [6, 6.07) is 0.506. The Morgan fingerprint density at radius 1 is 1.40 bits per heavy atom. The molecular weight excluding hydrogens is 122 g/mol. The zero-order chi connectivity index (χ0) is 7.23. The van der Waals surface area contributed by atoms with Gasteiger partial charge in [0.25, 0.3) is 0 Å². The van der Waals surface area contributed by atoms with Crippen molar-refractivity contribution in [3.8, 4) is 0 Å². The van der Waals surface area contributed by atoms with Crippen molar-refractivity contribution in [1.82, 2.24) is 0 Å². The third-order valence-corrected chi connectivity index (χ3v) is 1.80. The summed E-state index contributed by atoms with van der Waals surface area (Å²) in [6.45, 7) is 2.23. The van der Waals surface area contributed by atoms with Gasteiger partial charge in [-0.1, -0.05) is 32.3 Å². The maximum atomic E-state index is 4.27. The smallest absolute Gasteiger partial charge is 0.0683 e. The highest BCUT2D eigenvalue weighted by molar-refractivity contribution is 5.74. The van der Waals surface area contributed by atoms with Crippen molar-refractivity contribution in [1.29, 1.82) is 0 Å². The molecule has 0 saturated heterocycles. The predicted octanol–water partition coefficient (Wildman–Crippen LogP) is 2.58. The maximum absolute atomic E-state index is 4.27. The quantitative estimate of drug-likeness (QED) is 0.528. The van der Waals surface area contributed by atoms with Gasteiger partial charge in [0.15, 0.2) is 0 Å². The first-order chi connectivity index (χ1) is 4.93. The molecule has 0 fully saturated rings. The summed E-state index contributed by atoms with van der Waals surface area (Å²) in [5, 5.41) is 0. The Morgan fingerprint density at radius 3 is 2.90 bits per heavy atom. The van der Waals surface area contributed by atoms with Crippen molar-refractivity contribution in [2.24, 2.45) is 4.99 Å². The van der Waals surface area contributed by atoms with E-state index in [1.54, 1.807) is 0 Å². The van der Waals surface area contributed by atoms with Crippen LogP contribution < -0.4 is 0 Å². The molecule has 0 N–H and O–H groups in total. The van der Waals surface area contributed by atoms with Crippen LogP contribution in [-0.4, -0.2) is 12.3 Å². The molecule has 1 heteroatoms. The van der Waals surface area contributed by atoms with Crippen LogP contribution in [-0.2, 0) is 0 Å². The first-order valence-corrected chi connectivity index (χ1v) is 4.13. The minimum Gasteiger partial charge on any atom is -0.286 e. The molecule has 1 nitrogen and oxygen atoms in total. The summed E-state index contributed by atoms with van der Waals surface area (Å²) in [4.78, 5) is 4.27. The van der Waals surface area contributed by atoms with Gasteiger partial charge < -0.3 is 0 Å². The molecule has 1 rings (SSSR count). The summed E-state index contributed by atoms with van der Waals surface area (Å²) < 4.78 is 0. The van der Waals surface area contributed by atoms with E-state index >= 15 is 0 Å². The van der Waals surface area contributed by atoms with E-state index in [1.807, 2.05) is 12.3 Å². The van der Waals surface area contributed by atoms with Gasteiger partial charge in [-0.05, 0) is 12.5 Å². The van der Waals surface area contributed by atoms with Gasteiger partial charge in [0.2, 0.25) is 0 Å². The second-order valence-electron chi connectivity index (χ2n) is 2.75. The fourth-order valence-corrected chi connectivity index (χ4v) is 1.16. The molecule has 0 amide bonds. The van der Waals surface area contributed by atoms with E-state index in [2.05, 4.69) is 18.0 Å². The highest BCUT2D eigenvalue weighted by Gasteiger charge is 2.02. The van der Waals surface area contributed by atoms with Gasteiger partial charge in [0.1, 0.15) is 0 Å². The van der Waals surface area contributed by atoms with Gasteiger partial charge in [0, 0.05) is 6.21 Å². The van der Waals surface area contributed by atoms with Crippen molar-refractivity contribution in [2.45, 2.75) is 38.6 Å². The van der Waals surface area contributed by atoms with Crippen molar-refractivity contribution < 1.29 is 0 Å². The number of aliphatic imine (C=N–C) groups is 1. The van der Waals surface area contributed by atoms with Crippen molar-refractivity contribution in [2.75, 3.05) is 0 Å². The molecule has 1 heterocycles. The van der Waals surface area contributed by atoms with E-state index in [9.17, 15) is 0 Å². The standard InChI is InChI=1S/C9H15N/c1-2-3-4-6-9-7-5-8-10-9/h5,7-9H,2-4,6H2,1H3. The highest BCUT2D eigenvalue weighted by atomic mass is 14.8. The van der Waals surface area contributed by atoms with E-state index in [-0.39, 0.29) is 0 Å². The van der Waals surface area contributed by atoms with Gasteiger partial charge in [-0.25, -0.2) is 0 Å². The number of rotatable bonds is 4. The molecule has 0 aliphatic carbocycles. The van der Waals surface area contributed by atoms with Gasteiger partial charge >= 0.3 is 0 Å². The van der Waals surface area contributed by atoms with E-state index in [0.29, 0.717) is 6.04 Å². The fraction of sp³-hybridized carbons (Fsp3) is 0.667. The lowest BCUT2D eigenvalue weighted by Crippen LogP contribution is -1.95. The van der Waals surface area contributed by atoms with E-state index in [0.717, 1.165) is 0 Å². The zero-order valence-electron chi connectivity index (χ0n) is 6.59. The highest BCUT2D eigenvalue weighted by Crippen LogP contribution is 2.09. The van der Waals surface area contributed by atoms with Gasteiger partial charge in [-0.3, -0.25) is 4.99 Å². The molecule has 0 aromatic rings. The molecule has 56 valence electrons. The Balaban J connectivity index is 2.03. The Bertz CT molecular complexity index is 124. The van der Waals surface area contributed by atoms with Crippen molar-refractivity contribution >= 4 is 6.21 Å². The minimum atomic E-state index is 0.506. The molecule has 1 aliphatic heterocycles. The molecule has 0 bridgehead atoms. The normalized spacial score (nSPS) is 22.3. The van der Waals surface area contributed by atoms with Crippen LogP contribution in [0.3, 0.4) is 0 Å². The predicted molar refractivity (Wildman–Crippen MR) is 45.6 cm³/mol. The summed E-state index contributed by atoms with van der Waals surface area (Å²) in [6.07, 6.45) is 11.3. The molecule has 0 spiro atoms. The van der Waals surface area contributed by atoms with Crippen LogP contribution in [0.4, 0.5) is 0 Å². The van der Waals surface area contributed by atoms with Crippen LogP contribution in [0.15, 0.2) is 17.1 Å². The Labute approximate surface area is 62.9 Å². The van der Waals surface area contributed by atoms with Crippen molar-refractivity contribution in [3.05, 3.63) is 12.2 Å². The van der Waals surface area contributed by atoms with Crippen LogP contribution in [0.25, 0.3) is 0 Å². The zero-order valence-corrected chi connectivity index (χ0v) is 6.59. The molecular formula is C9H15N. The Morgan fingerprint density at radius 2 is 2.30 bits per heavy atom. The van der Waals surface area contributed by atoms with E-state index < -0.39 is 0 Å². The van der Waals surface area contributed by atoms with Crippen LogP contribution in [0.1, 0.15) is 32.6 Å². The van der Waals surface area contributed by atoms with E-state index in [1.165, 1.54) is 25.7 Å². The topological polar surface area (TPSA) is 12.4 Å². The van der Waals surface area contributed by atoms with Gasteiger partial charge in [0.05, 0.1) is 6.04 Å². The summed E-state index contributed by atoms with van der Waals surface area (Å²) in [5.41, 5.74) is 0. The van der Waals surface area contributed by atoms with Crippen molar-refractivity contribution in [3.63, 3.8) is 0 Å². The maximum Gasteiger partial charge on any atom is 0.0683 e. The van der Waals surface area contributed by atoms with Crippen LogP contribution in [0, 0.1) is 0 Å². The lowest BCUT2D eigenvalue weighted by atomic mass is 10.1. The number of hydrogen-bond donors (Lipinski definition) is 0. The molecule has 1 aliphatic rings. The first-order valence-electron chi connectivity index (χ1n) is 4.13. The molecule has 0 aromatic heterocycles. The number of hydrogen-bond acceptors (Lipinski definition) is 1. The Kier molecular flexibility index (Phi) is 3.20. The van der Waals surface area contributed by atoms with E-state index in [4.69, 9.17) is 0 Å². The number of allylic oxidation sites excluding steroid dienone is 1. The Hall–Kier alpha value is -0.590. The second kappa shape index (κ2) is 4.26. The molecule has 10 heavy (non-hydrogen) atoms. The third kappa shape index (κ3) is 2.34. The average molecular weight is 137 g/mol. The lowest BCUT2D eigenvalue weighted by molar-refractivity contribution is 0.629. The van der Waals surface area contributed by atoms with Gasteiger partial charge in [-0.15, -0.1) is 0 Å². The summed E-state index contributed by atoms with van der Waals surface area (Å²) in [7, 11) is 0. The second-order valence-corrected chi connectivity index (χ2v) is 2.75. The SMILES string of the molecule is CCCCCC1C=CC=N1. The first kappa shape index (κ1) is 7.52. The molecule has 0 saturated carbocycles. The fourth-order valence-electron chi connectivity index (χ4n) is 1.16. The van der Waals surface area contributed by atoms with Crippen LogP contribution in [0.2, 0.25) is 0 Å². The third-order valence-electron chi connectivity index (χ3n) is 1.80. The molecule has 1 unspecified atom stereocenters. The van der Waals surface area contributed by atoms with Crippen LogP contribution >= 0.6 is 0 Å². The van der Waals surface area contributed by atoms with Crippen LogP contribution in [0.5, 0.6) is 0 Å². The molecule has 1 atom stereocenters. The largest absolute Gasteiger partial charge is 0.286 e. The summed E-state index contributed by atoms with van der Waals surface area (Å²) >= 11 is 0. The molecule has 0 radical (unpaired) electrons. The lowest BCUT2D eigenvalue weighted by Gasteiger charge is -2.01. The number of unbranched alkanes of at least 4 members (excludes halogenated alkanes) is 2. The monoisotopic (exact) mass is 137 g/mol. The summed E-state index contributed by atoms with van der Waals surface area (Å²) in [5.74, 6) is 0. The number of nitrogens with zero attached hydrogens (tertiary/aromatic N) is 1. The minimum absolute atomic E-state index is 0.506. The average Bonchev–Trinajstić information content (AvgIpc) is 2.41. The van der Waals surface area contributed by atoms with Gasteiger partial charge in [-0.2, -0.15) is 0 Å². The molecule has 0 aromatic carbocycles.